The van der Waals surface area contributed by atoms with Gasteiger partial charge in [0.1, 0.15) is 5.69 Å². The first-order valence-electron chi connectivity index (χ1n) is 15.7. The van der Waals surface area contributed by atoms with Gasteiger partial charge in [-0.2, -0.15) is 18.6 Å². The Hall–Kier alpha value is 2.45. The summed E-state index contributed by atoms with van der Waals surface area (Å²) < 4.78 is 73.2. The van der Waals surface area contributed by atoms with Crippen LogP contribution in [0.4, 0.5) is 8.78 Å². The number of aromatic nitrogens is 4. The average molecular weight is 1210 g/mol. The second-order valence-electron chi connectivity index (χ2n) is 11.1. The third kappa shape index (κ3) is 23.7. The summed E-state index contributed by atoms with van der Waals surface area (Å²) in [5.74, 6) is 0. The number of carbonyl (C=O) groups excluding carboxylic acids is 1. The molecule has 0 unspecified atom stereocenters. The molecule has 294 valence electrons. The van der Waals surface area contributed by atoms with E-state index in [0.29, 0.717) is 49.8 Å². The third-order valence-corrected chi connectivity index (χ3v) is 10.3. The van der Waals surface area contributed by atoms with Crippen LogP contribution in [0.1, 0.15) is 84.2 Å². The predicted octanol–water partition coefficient (Wildman–Crippen LogP) is 0.313. The Kier molecular flexibility index (Phi) is 35.0. The molecule has 0 bridgehead atoms. The van der Waals surface area contributed by atoms with Crippen molar-refractivity contribution in [1.29, 1.82) is 0 Å². The first-order chi connectivity index (χ1) is 23.8. The van der Waals surface area contributed by atoms with E-state index >= 15 is 0 Å². The van der Waals surface area contributed by atoms with Crippen LogP contribution >= 0.6 is 47.8 Å². The predicted molar refractivity (Wildman–Crippen MR) is 197 cm³/mol. The van der Waals surface area contributed by atoms with Gasteiger partial charge in [-0.3, -0.25) is 23.3 Å². The van der Waals surface area contributed by atoms with E-state index in [1.54, 1.807) is 0 Å². The first-order valence-corrected chi connectivity index (χ1v) is 19.9. The van der Waals surface area contributed by atoms with Crippen LogP contribution < -0.4 is 143 Å². The monoisotopic (exact) mass is 1210 g/mol. The summed E-state index contributed by atoms with van der Waals surface area (Å²) in [4.78, 5) is 15.3. The summed E-state index contributed by atoms with van der Waals surface area (Å²) >= 11 is 9.89. The third-order valence-electron chi connectivity index (χ3n) is 7.42. The van der Waals surface area contributed by atoms with Crippen LogP contribution in [0.5, 0.6) is 0 Å². The van der Waals surface area contributed by atoms with Gasteiger partial charge in [0.05, 0.1) is 51.8 Å². The largest absolute Gasteiger partial charge is 1.00 e. The summed E-state index contributed by atoms with van der Waals surface area (Å²) in [7, 11) is -3.28. The number of halogens is 5. The van der Waals surface area contributed by atoms with Crippen molar-refractivity contribution in [3.63, 3.8) is 0 Å². The zero-order valence-electron chi connectivity index (χ0n) is 31.0. The van der Waals surface area contributed by atoms with Gasteiger partial charge in [-0.15, -0.1) is 0 Å². The molecule has 0 spiro atoms. The Labute approximate surface area is 455 Å². The zero-order chi connectivity index (χ0) is 37.1. The van der Waals surface area contributed by atoms with Gasteiger partial charge in [0, 0.05) is 56.0 Å². The molecule has 6 rings (SSSR count). The van der Waals surface area contributed by atoms with Crippen LogP contribution in [-0.2, 0) is 38.2 Å². The molecule has 2 aromatic heterocycles. The van der Waals surface area contributed by atoms with Gasteiger partial charge >= 0.3 is 138 Å². The second kappa shape index (κ2) is 32.3. The number of aryl methyl sites for hydroxylation is 1. The topological polar surface area (TPSA) is 168 Å². The van der Waals surface area contributed by atoms with Gasteiger partial charge in [0.15, 0.2) is 0 Å². The maximum atomic E-state index is 12.8. The van der Waals surface area contributed by atoms with Gasteiger partial charge < -0.3 is 25.8 Å². The number of aliphatic imine (C=N–C) groups is 1. The molecule has 0 N–H and O–H groups in total. The van der Waals surface area contributed by atoms with Crippen molar-refractivity contribution in [3.8, 4) is 0 Å². The number of nitrogens with zero attached hydrogens (tertiary/aromatic N) is 5. The molecule has 3 fully saturated rings. The van der Waals surface area contributed by atoms with E-state index in [4.69, 9.17) is 28.4 Å². The molecular weight excluding hydrogens is 1160 g/mol. The molecule has 0 radical (unpaired) electrons. The Bertz CT molecular complexity index is 1440. The number of rotatable bonds is 6. The molecule has 14 nitrogen and oxygen atoms in total. The number of allylic oxidation sites excluding steroid dienone is 1. The number of carbonyl (C=O) groups is 1. The van der Waals surface area contributed by atoms with Crippen LogP contribution in [0, 0.1) is 6.92 Å². The summed E-state index contributed by atoms with van der Waals surface area (Å²) in [6.07, 6.45) is 8.94. The molecule has 0 saturated carbocycles. The molecule has 3 saturated heterocycles. The van der Waals surface area contributed by atoms with Crippen LogP contribution in [0.2, 0.25) is 0 Å². The molecule has 0 atom stereocenters. The van der Waals surface area contributed by atoms with E-state index in [-0.39, 0.29) is 171 Å². The van der Waals surface area contributed by atoms with Crippen molar-refractivity contribution in [2.45, 2.75) is 84.4 Å². The standard InChI is InChI=1S/C9H11BrF2N2O.C9H13BrN2O.C6H12O4S.C5H6BrN.CH2O3.CH4.2Cs.H/c10-7-5-13-14(8(7)9(11)12)6-1-3-15-4-2-6;1-7-9(10)6-12(11-7)8-2-4-13-5-3-8;1-11(7,8)10-6-2-4-9-5-3-6;1-4-5(6)2-3-7-4;2-1-4-3;;;;/h5-6,9H,1-4H2;6,8H,2-5H2,1H3;6H,2-5H2,1H3;2H,3H2,1H3;1,3H;1H4;;;/q;;;;;;2*+1;-1/p-1. The Morgan fingerprint density at radius 2 is 1.43 bits per heavy atom. The summed E-state index contributed by atoms with van der Waals surface area (Å²) in [6.45, 7) is 8.83. The number of hydrogen-bond acceptors (Lipinski definition) is 12. The smallest absolute Gasteiger partial charge is 1.00 e. The molecule has 6 heterocycles. The van der Waals surface area contributed by atoms with Crippen molar-refractivity contribution in [2.24, 2.45) is 4.99 Å². The van der Waals surface area contributed by atoms with Crippen molar-refractivity contribution in [1.82, 2.24) is 19.6 Å². The van der Waals surface area contributed by atoms with Crippen molar-refractivity contribution in [2.75, 3.05) is 52.4 Å². The van der Waals surface area contributed by atoms with Crippen molar-refractivity contribution < 1.29 is 190 Å². The van der Waals surface area contributed by atoms with Crippen LogP contribution in [-0.4, -0.2) is 98.7 Å². The molecule has 2 aromatic rings. The van der Waals surface area contributed by atoms with E-state index in [1.807, 2.05) is 13.8 Å². The van der Waals surface area contributed by atoms with E-state index < -0.39 is 16.5 Å². The fourth-order valence-electron chi connectivity index (χ4n) is 4.88. The van der Waals surface area contributed by atoms with Gasteiger partial charge in [0.25, 0.3) is 23.0 Å². The minimum Gasteiger partial charge on any atom is -1.00 e. The molecule has 22 heteroatoms. The number of alkyl halides is 2. The van der Waals surface area contributed by atoms with Gasteiger partial charge in [-0.25, -0.2) is 8.78 Å². The van der Waals surface area contributed by atoms with E-state index in [0.717, 1.165) is 72.1 Å². The second-order valence-corrected chi connectivity index (χ2v) is 15.3. The molecule has 0 amide bonds. The molecule has 4 aliphatic rings. The SMILES string of the molecule is C.CC1=NCC=C1Br.CS(=O)(=O)OC1CCOCC1.Cc1nn(C2CCOCC2)cc1Br.FC(F)c1c(Br)cnn1C1CCOCC1.O=CO[O-].[Cs+].[Cs+].[H-]. The van der Waals surface area contributed by atoms with E-state index in [2.05, 4.69) is 84.8 Å². The zero-order valence-corrected chi connectivity index (χ0v) is 48.2. The van der Waals surface area contributed by atoms with Crippen LogP contribution in [0.3, 0.4) is 0 Å². The normalized spacial score (nSPS) is 17.5. The maximum absolute atomic E-state index is 12.8. The van der Waals surface area contributed by atoms with Crippen molar-refractivity contribution >= 4 is 70.1 Å². The molecular formula is C31H48Br3Cs2F2N5O9S. The quantitative estimate of drug-likeness (QED) is 0.169. The Morgan fingerprint density at radius 3 is 1.79 bits per heavy atom. The molecule has 53 heavy (non-hydrogen) atoms. The van der Waals surface area contributed by atoms with Gasteiger partial charge in [-0.1, -0.05) is 7.43 Å². The fourth-order valence-corrected chi connectivity index (χ4v) is 6.57. The molecule has 4 aliphatic heterocycles. The Balaban J connectivity index is -0.000000620. The molecule has 0 aliphatic carbocycles. The van der Waals surface area contributed by atoms with Crippen LogP contribution in [0.25, 0.3) is 0 Å². The van der Waals surface area contributed by atoms with E-state index in [9.17, 15) is 17.2 Å². The first kappa shape index (κ1) is 57.5. The van der Waals surface area contributed by atoms with Gasteiger partial charge in [0.2, 0.25) is 0 Å². The number of ether oxygens (including phenoxy) is 3. The Morgan fingerprint density at radius 1 is 0.943 bits per heavy atom. The van der Waals surface area contributed by atoms with Gasteiger partial charge in [-0.05, 0) is 106 Å². The average Bonchev–Trinajstić information content (AvgIpc) is 3.79. The summed E-state index contributed by atoms with van der Waals surface area (Å²) in [5.41, 5.74) is 2.15. The minimum atomic E-state index is -3.28. The summed E-state index contributed by atoms with van der Waals surface area (Å²) in [5, 5.41) is 16.9. The van der Waals surface area contributed by atoms with Crippen LogP contribution in [0.15, 0.2) is 36.9 Å². The fraction of sp³-hybridized carbons (Fsp3) is 0.677. The summed E-state index contributed by atoms with van der Waals surface area (Å²) in [6, 6.07) is 0.563. The minimum absolute atomic E-state index is 0. The molecule has 0 aromatic carbocycles. The van der Waals surface area contributed by atoms with E-state index in [1.165, 1.54) is 10.9 Å². The maximum Gasteiger partial charge on any atom is 1.00 e. The number of hydrogen-bond donors (Lipinski definition) is 0. The van der Waals surface area contributed by atoms with Crippen molar-refractivity contribution in [3.05, 3.63) is 43.3 Å².